The molecule has 2 heterocycles. The summed E-state index contributed by atoms with van der Waals surface area (Å²) in [6.45, 7) is 2.09. The lowest BCUT2D eigenvalue weighted by Gasteiger charge is -2.13. The number of fused-ring (bicyclic) bond motifs is 5. The smallest absolute Gasteiger partial charge is 0.263 e. The highest BCUT2D eigenvalue weighted by molar-refractivity contribution is 6.33. The van der Waals surface area contributed by atoms with Crippen LogP contribution in [0.4, 0.5) is 0 Å². The summed E-state index contributed by atoms with van der Waals surface area (Å²) in [5.41, 5.74) is 4.53. The van der Waals surface area contributed by atoms with Crippen LogP contribution in [0.2, 0.25) is 5.02 Å². The maximum Gasteiger partial charge on any atom is 0.263 e. The van der Waals surface area contributed by atoms with Gasteiger partial charge in [0, 0.05) is 28.1 Å². The molecule has 4 nitrogen and oxygen atoms in total. The Morgan fingerprint density at radius 3 is 2.58 bits per heavy atom. The maximum absolute atomic E-state index is 13.0. The number of nitrogens with zero attached hydrogens (tertiary/aromatic N) is 1. The van der Waals surface area contributed by atoms with Crippen molar-refractivity contribution in [2.75, 3.05) is 14.2 Å². The first kappa shape index (κ1) is 15.2. The molecule has 1 N–H and O–H groups in total. The zero-order chi connectivity index (χ0) is 17.0. The molecule has 1 atom stereocenters. The molecular weight excluding hydrogens is 324 g/mol. The van der Waals surface area contributed by atoms with E-state index in [0.717, 1.165) is 33.3 Å². The Balaban J connectivity index is 2.17. The van der Waals surface area contributed by atoms with Gasteiger partial charge in [-0.25, -0.2) is 0 Å². The molecule has 1 aliphatic heterocycles. The van der Waals surface area contributed by atoms with Crippen molar-refractivity contribution in [3.05, 3.63) is 52.5 Å². The monoisotopic (exact) mass is 340 g/mol. The second-order valence-electron chi connectivity index (χ2n) is 5.96. The van der Waals surface area contributed by atoms with Crippen LogP contribution in [-0.4, -0.2) is 24.6 Å². The molecule has 1 unspecified atom stereocenters. The van der Waals surface area contributed by atoms with Crippen LogP contribution < -0.4 is 10.1 Å². The lowest BCUT2D eigenvalue weighted by molar-refractivity contribution is 0.0973. The van der Waals surface area contributed by atoms with Gasteiger partial charge in [-0.3, -0.25) is 9.36 Å². The van der Waals surface area contributed by atoms with Gasteiger partial charge in [0.2, 0.25) is 0 Å². The first-order chi connectivity index (χ1) is 11.6. The van der Waals surface area contributed by atoms with Crippen LogP contribution in [0.1, 0.15) is 28.9 Å². The molecule has 1 aliphatic rings. The van der Waals surface area contributed by atoms with E-state index >= 15 is 0 Å². The summed E-state index contributed by atoms with van der Waals surface area (Å²) in [7, 11) is 3.51. The second-order valence-corrected chi connectivity index (χ2v) is 6.37. The summed E-state index contributed by atoms with van der Waals surface area (Å²) in [5, 5.41) is 4.77. The Hall–Kier alpha value is -2.30. The molecule has 2 aromatic carbocycles. The molecule has 1 aromatic heterocycles. The van der Waals surface area contributed by atoms with Crippen LogP contribution in [-0.2, 0) is 0 Å². The minimum atomic E-state index is -0.0126. The van der Waals surface area contributed by atoms with Gasteiger partial charge in [-0.1, -0.05) is 29.8 Å². The third-order valence-electron chi connectivity index (χ3n) is 4.76. The zero-order valence-electron chi connectivity index (χ0n) is 13.7. The number of rotatable bonds is 3. The highest BCUT2D eigenvalue weighted by atomic mass is 35.5. The van der Waals surface area contributed by atoms with Crippen LogP contribution in [0.25, 0.3) is 22.2 Å². The summed E-state index contributed by atoms with van der Waals surface area (Å²) in [6, 6.07) is 11.5. The van der Waals surface area contributed by atoms with E-state index in [4.69, 9.17) is 16.3 Å². The topological polar surface area (TPSA) is 43.3 Å². The van der Waals surface area contributed by atoms with Gasteiger partial charge in [0.15, 0.2) is 0 Å². The summed E-state index contributed by atoms with van der Waals surface area (Å²) in [4.78, 5) is 13.0. The van der Waals surface area contributed by atoms with Crippen molar-refractivity contribution in [1.29, 1.82) is 0 Å². The molecule has 0 spiro atoms. The Bertz CT molecular complexity index is 991. The van der Waals surface area contributed by atoms with E-state index < -0.39 is 0 Å². The zero-order valence-corrected chi connectivity index (χ0v) is 14.4. The molecule has 0 bridgehead atoms. The van der Waals surface area contributed by atoms with E-state index in [1.165, 1.54) is 0 Å². The number of carbonyl (C=O) groups is 1. The number of methoxy groups -OCH3 is 1. The van der Waals surface area contributed by atoms with Crippen molar-refractivity contribution < 1.29 is 9.53 Å². The number of aromatic nitrogens is 1. The summed E-state index contributed by atoms with van der Waals surface area (Å²) >= 11 is 6.32. The molecule has 0 amide bonds. The Labute approximate surface area is 145 Å². The molecule has 0 radical (unpaired) electrons. The lowest BCUT2D eigenvalue weighted by atomic mass is 9.98. The standard InChI is InChI=1S/C19H17ClN2O2/c1-10(21-2)17-13-8-16(24-3)14(20)9-15(13)22-18(17)11-6-4-5-7-12(11)19(22)23/h4-10,21H,1-3H3. The Morgan fingerprint density at radius 2 is 1.92 bits per heavy atom. The van der Waals surface area contributed by atoms with Crippen LogP contribution in [0.5, 0.6) is 5.75 Å². The fraction of sp³-hybridized carbons (Fsp3) is 0.211. The van der Waals surface area contributed by atoms with Gasteiger partial charge in [0.25, 0.3) is 5.91 Å². The highest BCUT2D eigenvalue weighted by Crippen LogP contribution is 2.45. The first-order valence-electron chi connectivity index (χ1n) is 7.81. The molecule has 5 heteroatoms. The molecular formula is C19H17ClN2O2. The summed E-state index contributed by atoms with van der Waals surface area (Å²) < 4.78 is 7.14. The van der Waals surface area contributed by atoms with Crippen LogP contribution in [0, 0.1) is 0 Å². The van der Waals surface area contributed by atoms with Crippen LogP contribution >= 0.6 is 11.6 Å². The molecule has 4 rings (SSSR count). The Kier molecular flexibility index (Phi) is 3.41. The third-order valence-corrected chi connectivity index (χ3v) is 5.06. The number of hydrogen-bond acceptors (Lipinski definition) is 3. The molecule has 0 saturated heterocycles. The predicted molar refractivity (Wildman–Crippen MR) is 96.1 cm³/mol. The van der Waals surface area contributed by atoms with E-state index in [9.17, 15) is 4.79 Å². The molecule has 3 aromatic rings. The first-order valence-corrected chi connectivity index (χ1v) is 8.19. The van der Waals surface area contributed by atoms with Gasteiger partial charge in [0.1, 0.15) is 5.75 Å². The van der Waals surface area contributed by atoms with Crippen molar-refractivity contribution in [2.45, 2.75) is 13.0 Å². The normalized spacial score (nSPS) is 13.9. The number of hydrogen-bond donors (Lipinski definition) is 1. The van der Waals surface area contributed by atoms with Gasteiger partial charge in [-0.05, 0) is 32.2 Å². The minimum absolute atomic E-state index is 0.0126. The fourth-order valence-corrected chi connectivity index (χ4v) is 3.76. The SMILES string of the molecule is CNC(C)c1c2n(c3cc(Cl)c(OC)cc13)C(=O)c1ccccc1-2. The van der Waals surface area contributed by atoms with E-state index in [2.05, 4.69) is 12.2 Å². The lowest BCUT2D eigenvalue weighted by Crippen LogP contribution is -2.13. The fourth-order valence-electron chi connectivity index (χ4n) is 3.52. The predicted octanol–water partition coefficient (Wildman–Crippen LogP) is 4.25. The largest absolute Gasteiger partial charge is 0.495 e. The number of ether oxygens (including phenoxy) is 1. The van der Waals surface area contributed by atoms with E-state index in [1.807, 2.05) is 43.4 Å². The molecule has 0 aliphatic carbocycles. The van der Waals surface area contributed by atoms with E-state index in [1.54, 1.807) is 11.7 Å². The molecule has 0 saturated carbocycles. The van der Waals surface area contributed by atoms with Gasteiger partial charge in [-0.15, -0.1) is 0 Å². The van der Waals surface area contributed by atoms with Crippen molar-refractivity contribution in [3.63, 3.8) is 0 Å². The van der Waals surface area contributed by atoms with Crippen molar-refractivity contribution >= 4 is 28.4 Å². The van der Waals surface area contributed by atoms with Gasteiger partial charge < -0.3 is 10.1 Å². The van der Waals surface area contributed by atoms with Crippen molar-refractivity contribution in [1.82, 2.24) is 9.88 Å². The van der Waals surface area contributed by atoms with E-state index in [0.29, 0.717) is 10.8 Å². The average Bonchev–Trinajstić information content (AvgIpc) is 3.07. The van der Waals surface area contributed by atoms with Gasteiger partial charge in [0.05, 0.1) is 23.3 Å². The maximum atomic E-state index is 13.0. The number of nitrogens with one attached hydrogen (secondary N) is 1. The van der Waals surface area contributed by atoms with Gasteiger partial charge >= 0.3 is 0 Å². The van der Waals surface area contributed by atoms with Crippen LogP contribution in [0.3, 0.4) is 0 Å². The summed E-state index contributed by atoms with van der Waals surface area (Å²) in [5.74, 6) is 0.597. The molecule has 24 heavy (non-hydrogen) atoms. The Morgan fingerprint density at radius 1 is 1.21 bits per heavy atom. The van der Waals surface area contributed by atoms with Gasteiger partial charge in [-0.2, -0.15) is 0 Å². The van der Waals surface area contributed by atoms with Crippen LogP contribution in [0.15, 0.2) is 36.4 Å². The number of carbonyl (C=O) groups excluding carboxylic acids is 1. The van der Waals surface area contributed by atoms with Crippen molar-refractivity contribution in [3.8, 4) is 17.0 Å². The minimum Gasteiger partial charge on any atom is -0.495 e. The van der Waals surface area contributed by atoms with E-state index in [-0.39, 0.29) is 11.9 Å². The highest BCUT2D eigenvalue weighted by Gasteiger charge is 2.33. The number of halogens is 1. The average molecular weight is 341 g/mol. The van der Waals surface area contributed by atoms with Crippen molar-refractivity contribution in [2.24, 2.45) is 0 Å². The molecule has 0 fully saturated rings. The third kappa shape index (κ3) is 1.87. The number of benzene rings is 2. The summed E-state index contributed by atoms with van der Waals surface area (Å²) in [6.07, 6.45) is 0. The molecule has 122 valence electrons. The quantitative estimate of drug-likeness (QED) is 0.606. The second kappa shape index (κ2) is 5.36.